The van der Waals surface area contributed by atoms with Crippen molar-refractivity contribution < 1.29 is 19.1 Å². The van der Waals surface area contributed by atoms with Crippen LogP contribution in [0.15, 0.2) is 68.9 Å². The Morgan fingerprint density at radius 3 is 2.57 bits per heavy atom. The number of aryl methyl sites for hydroxylation is 2. The minimum atomic E-state index is -0.970. The summed E-state index contributed by atoms with van der Waals surface area (Å²) in [5, 5.41) is 12.4. The molecule has 0 bridgehead atoms. The predicted molar refractivity (Wildman–Crippen MR) is 118 cm³/mol. The van der Waals surface area contributed by atoms with Crippen molar-refractivity contribution in [2.45, 2.75) is 13.8 Å². The smallest absolute Gasteiger partial charge is 0.335 e. The standard InChI is InChI=1S/C23H18N2O4S/c1-13-3-6-16(7-4-13)24-23-25-21(26)20(30-23)12-17-8-10-19(29-17)18-9-5-15(22(27)28)11-14(18)2/h3-12H,1-2H3,(H,27,28)(H,24,25,26)/b20-12-. The molecule has 1 aliphatic heterocycles. The predicted octanol–water partition coefficient (Wildman–Crippen LogP) is 5.15. The number of carbonyl (C=O) groups is 2. The van der Waals surface area contributed by atoms with Crippen LogP contribution in [0.5, 0.6) is 0 Å². The molecule has 6 nitrogen and oxygen atoms in total. The average Bonchev–Trinajstić information content (AvgIpc) is 3.30. The van der Waals surface area contributed by atoms with Gasteiger partial charge in [0.15, 0.2) is 5.17 Å². The number of aliphatic imine (C=N–C) groups is 1. The van der Waals surface area contributed by atoms with Gasteiger partial charge in [0, 0.05) is 11.6 Å². The Balaban J connectivity index is 1.55. The summed E-state index contributed by atoms with van der Waals surface area (Å²) in [6.45, 7) is 3.83. The van der Waals surface area contributed by atoms with Crippen LogP contribution in [0, 0.1) is 13.8 Å². The first-order valence-electron chi connectivity index (χ1n) is 9.19. The third-order valence-electron chi connectivity index (χ3n) is 4.55. The fraction of sp³-hybridized carbons (Fsp3) is 0.0870. The molecule has 1 saturated heterocycles. The van der Waals surface area contributed by atoms with Gasteiger partial charge in [0.25, 0.3) is 5.91 Å². The molecule has 1 fully saturated rings. The number of carboxylic acid groups (broad SMARTS) is 1. The number of carbonyl (C=O) groups excluding carboxylic acids is 1. The van der Waals surface area contributed by atoms with Gasteiger partial charge in [-0.2, -0.15) is 0 Å². The molecule has 4 rings (SSSR count). The summed E-state index contributed by atoms with van der Waals surface area (Å²) >= 11 is 1.25. The second-order valence-electron chi connectivity index (χ2n) is 6.85. The molecule has 0 aliphatic carbocycles. The maximum Gasteiger partial charge on any atom is 0.335 e. The number of hydrogen-bond donors (Lipinski definition) is 2. The Labute approximate surface area is 177 Å². The summed E-state index contributed by atoms with van der Waals surface area (Å²) in [4.78, 5) is 28.3. The highest BCUT2D eigenvalue weighted by atomic mass is 32.2. The zero-order valence-electron chi connectivity index (χ0n) is 16.3. The number of thioether (sulfide) groups is 1. The van der Waals surface area contributed by atoms with Crippen LogP contribution in [0.3, 0.4) is 0 Å². The fourth-order valence-corrected chi connectivity index (χ4v) is 3.82. The summed E-state index contributed by atoms with van der Waals surface area (Å²) in [6, 6.07) is 16.2. The van der Waals surface area contributed by atoms with Crippen LogP contribution in [0.4, 0.5) is 5.69 Å². The summed E-state index contributed by atoms with van der Waals surface area (Å²) in [5.74, 6) is -0.0677. The topological polar surface area (TPSA) is 91.9 Å². The Morgan fingerprint density at radius 2 is 1.87 bits per heavy atom. The third-order valence-corrected chi connectivity index (χ3v) is 5.46. The number of nitrogens with zero attached hydrogens (tertiary/aromatic N) is 1. The van der Waals surface area contributed by atoms with E-state index in [1.54, 1.807) is 36.4 Å². The van der Waals surface area contributed by atoms with Gasteiger partial charge in [-0.1, -0.05) is 23.8 Å². The maximum absolute atomic E-state index is 12.3. The minimum Gasteiger partial charge on any atom is -0.478 e. The zero-order valence-corrected chi connectivity index (χ0v) is 17.1. The van der Waals surface area contributed by atoms with E-state index in [9.17, 15) is 9.59 Å². The largest absolute Gasteiger partial charge is 0.478 e. The van der Waals surface area contributed by atoms with E-state index < -0.39 is 5.97 Å². The lowest BCUT2D eigenvalue weighted by Crippen LogP contribution is -2.19. The quantitative estimate of drug-likeness (QED) is 0.572. The van der Waals surface area contributed by atoms with E-state index in [2.05, 4.69) is 10.3 Å². The van der Waals surface area contributed by atoms with Gasteiger partial charge in [-0.05, 0) is 67.6 Å². The number of hydrogen-bond acceptors (Lipinski definition) is 5. The number of amidine groups is 1. The van der Waals surface area contributed by atoms with E-state index >= 15 is 0 Å². The molecule has 150 valence electrons. The monoisotopic (exact) mass is 418 g/mol. The molecule has 0 spiro atoms. The van der Waals surface area contributed by atoms with Gasteiger partial charge in [-0.15, -0.1) is 0 Å². The molecular weight excluding hydrogens is 400 g/mol. The van der Waals surface area contributed by atoms with E-state index in [0.29, 0.717) is 21.6 Å². The van der Waals surface area contributed by atoms with Crippen molar-refractivity contribution in [2.75, 3.05) is 0 Å². The van der Waals surface area contributed by atoms with Gasteiger partial charge in [-0.25, -0.2) is 9.79 Å². The number of rotatable bonds is 4. The lowest BCUT2D eigenvalue weighted by atomic mass is 10.0. The molecule has 3 aromatic rings. The van der Waals surface area contributed by atoms with Crippen LogP contribution in [-0.2, 0) is 4.79 Å². The highest BCUT2D eigenvalue weighted by molar-refractivity contribution is 8.18. The van der Waals surface area contributed by atoms with Gasteiger partial charge in [0.2, 0.25) is 0 Å². The van der Waals surface area contributed by atoms with Crippen LogP contribution in [0.25, 0.3) is 17.4 Å². The van der Waals surface area contributed by atoms with E-state index in [1.165, 1.54) is 11.8 Å². The molecule has 7 heteroatoms. The van der Waals surface area contributed by atoms with Gasteiger partial charge < -0.3 is 14.8 Å². The Morgan fingerprint density at radius 1 is 1.10 bits per heavy atom. The minimum absolute atomic E-state index is 0.226. The molecule has 1 amide bonds. The van der Waals surface area contributed by atoms with E-state index in [4.69, 9.17) is 9.52 Å². The molecule has 0 atom stereocenters. The summed E-state index contributed by atoms with van der Waals surface area (Å²) in [5.41, 5.74) is 3.73. The first-order valence-corrected chi connectivity index (χ1v) is 10.0. The second-order valence-corrected chi connectivity index (χ2v) is 7.88. The second kappa shape index (κ2) is 8.04. The molecule has 0 radical (unpaired) electrons. The van der Waals surface area contributed by atoms with Crippen LogP contribution < -0.4 is 5.32 Å². The van der Waals surface area contributed by atoms with Gasteiger partial charge >= 0.3 is 5.97 Å². The first kappa shape index (κ1) is 19.7. The summed E-state index contributed by atoms with van der Waals surface area (Å²) in [7, 11) is 0. The molecule has 1 aromatic heterocycles. The van der Waals surface area contributed by atoms with Gasteiger partial charge in [-0.3, -0.25) is 4.79 Å². The van der Waals surface area contributed by atoms with Crippen molar-refractivity contribution in [3.63, 3.8) is 0 Å². The first-order chi connectivity index (χ1) is 14.4. The molecule has 0 saturated carbocycles. The molecule has 2 N–H and O–H groups in total. The maximum atomic E-state index is 12.3. The van der Waals surface area contributed by atoms with E-state index in [1.807, 2.05) is 38.1 Å². The Hall–Kier alpha value is -3.58. The van der Waals surface area contributed by atoms with Crippen molar-refractivity contribution in [2.24, 2.45) is 4.99 Å². The number of aromatic carboxylic acids is 1. The lowest BCUT2D eigenvalue weighted by Gasteiger charge is -2.04. The summed E-state index contributed by atoms with van der Waals surface area (Å²) < 4.78 is 5.87. The SMILES string of the molecule is Cc1ccc(N=C2NC(=O)/C(=C/c3ccc(-c4ccc(C(=O)O)cc4C)o3)S2)cc1. The normalized spacial score (nSPS) is 16.3. The Bertz CT molecular complexity index is 1210. The average molecular weight is 418 g/mol. The van der Waals surface area contributed by atoms with Crippen LogP contribution in [0.1, 0.15) is 27.2 Å². The van der Waals surface area contributed by atoms with E-state index in [-0.39, 0.29) is 11.5 Å². The van der Waals surface area contributed by atoms with Crippen LogP contribution in [-0.4, -0.2) is 22.2 Å². The van der Waals surface area contributed by atoms with Crippen LogP contribution in [0.2, 0.25) is 0 Å². The molecule has 0 unspecified atom stereocenters. The molecular formula is C23H18N2O4S. The third kappa shape index (κ3) is 4.21. The number of carboxylic acids is 1. The Kier molecular flexibility index (Phi) is 5.29. The number of nitrogens with one attached hydrogen (secondary N) is 1. The molecule has 30 heavy (non-hydrogen) atoms. The zero-order chi connectivity index (χ0) is 21.3. The highest BCUT2D eigenvalue weighted by Crippen LogP contribution is 2.31. The summed E-state index contributed by atoms with van der Waals surface area (Å²) in [6.07, 6.45) is 1.67. The van der Waals surface area contributed by atoms with Gasteiger partial charge in [0.1, 0.15) is 11.5 Å². The van der Waals surface area contributed by atoms with Gasteiger partial charge in [0.05, 0.1) is 16.2 Å². The molecule has 2 aromatic carbocycles. The fourth-order valence-electron chi connectivity index (χ4n) is 2.99. The molecule has 1 aliphatic rings. The van der Waals surface area contributed by atoms with Crippen molar-refractivity contribution in [3.8, 4) is 11.3 Å². The van der Waals surface area contributed by atoms with E-state index in [0.717, 1.165) is 22.4 Å². The van der Waals surface area contributed by atoms with Crippen molar-refractivity contribution in [3.05, 3.63) is 82.0 Å². The number of amides is 1. The lowest BCUT2D eigenvalue weighted by molar-refractivity contribution is -0.115. The molecule has 2 heterocycles. The van der Waals surface area contributed by atoms with Crippen molar-refractivity contribution in [1.29, 1.82) is 0 Å². The van der Waals surface area contributed by atoms with Crippen molar-refractivity contribution in [1.82, 2.24) is 5.32 Å². The number of benzene rings is 2. The highest BCUT2D eigenvalue weighted by Gasteiger charge is 2.24. The van der Waals surface area contributed by atoms with Crippen LogP contribution >= 0.6 is 11.8 Å². The number of furan rings is 1. The van der Waals surface area contributed by atoms with Crippen molar-refractivity contribution >= 4 is 40.6 Å².